The summed E-state index contributed by atoms with van der Waals surface area (Å²) in [6.07, 6.45) is 2.73. The summed E-state index contributed by atoms with van der Waals surface area (Å²) in [5, 5.41) is 10.4. The number of rotatable bonds is 2. The summed E-state index contributed by atoms with van der Waals surface area (Å²) in [5.41, 5.74) is 4.35. The van der Waals surface area contributed by atoms with E-state index in [1.165, 1.54) is 11.3 Å². The van der Waals surface area contributed by atoms with Crippen molar-refractivity contribution in [3.8, 4) is 11.4 Å². The van der Waals surface area contributed by atoms with Crippen LogP contribution in [0.15, 0.2) is 12.3 Å². The zero-order chi connectivity index (χ0) is 12.5. The van der Waals surface area contributed by atoms with Crippen molar-refractivity contribution in [2.24, 2.45) is 0 Å². The molecular formula is C13H17N5. The Bertz CT molecular complexity index is 545. The number of aromatic nitrogens is 4. The number of nitrogens with zero attached hydrogens (tertiary/aromatic N) is 3. The van der Waals surface area contributed by atoms with Crippen LogP contribution in [0.2, 0.25) is 0 Å². The zero-order valence-corrected chi connectivity index (χ0v) is 10.7. The molecule has 5 nitrogen and oxygen atoms in total. The van der Waals surface area contributed by atoms with Crippen LogP contribution in [0.25, 0.3) is 11.4 Å². The number of H-pyrrole nitrogens is 1. The Hall–Kier alpha value is -1.75. The van der Waals surface area contributed by atoms with E-state index in [9.17, 15) is 0 Å². The van der Waals surface area contributed by atoms with Gasteiger partial charge in [-0.1, -0.05) is 13.8 Å². The predicted octanol–water partition coefficient (Wildman–Crippen LogP) is 1.64. The molecule has 2 aromatic rings. The maximum absolute atomic E-state index is 4.71. The molecule has 0 bridgehead atoms. The second kappa shape index (κ2) is 4.49. The van der Waals surface area contributed by atoms with E-state index in [0.717, 1.165) is 36.7 Å². The lowest BCUT2D eigenvalue weighted by Crippen LogP contribution is -2.26. The molecule has 0 amide bonds. The van der Waals surface area contributed by atoms with Gasteiger partial charge in [-0.3, -0.25) is 5.10 Å². The van der Waals surface area contributed by atoms with Gasteiger partial charge in [0.1, 0.15) is 5.82 Å². The normalized spacial score (nSPS) is 14.8. The highest BCUT2D eigenvalue weighted by atomic mass is 15.1. The van der Waals surface area contributed by atoms with Crippen LogP contribution in [0.1, 0.15) is 36.8 Å². The van der Waals surface area contributed by atoms with E-state index in [0.29, 0.717) is 5.92 Å². The van der Waals surface area contributed by atoms with E-state index in [4.69, 9.17) is 9.97 Å². The van der Waals surface area contributed by atoms with Crippen LogP contribution in [-0.2, 0) is 13.0 Å². The molecule has 0 aromatic carbocycles. The fraction of sp³-hybridized carbons (Fsp3) is 0.462. The third kappa shape index (κ3) is 1.90. The van der Waals surface area contributed by atoms with Crippen LogP contribution < -0.4 is 5.32 Å². The molecule has 5 heteroatoms. The summed E-state index contributed by atoms with van der Waals surface area (Å²) in [7, 11) is 0. The van der Waals surface area contributed by atoms with Gasteiger partial charge in [-0.15, -0.1) is 0 Å². The minimum Gasteiger partial charge on any atom is -0.312 e. The molecular weight excluding hydrogens is 226 g/mol. The molecule has 1 aliphatic heterocycles. The molecule has 3 rings (SSSR count). The maximum atomic E-state index is 4.71. The first kappa shape index (κ1) is 11.3. The molecule has 0 radical (unpaired) electrons. The fourth-order valence-corrected chi connectivity index (χ4v) is 2.23. The Balaban J connectivity index is 2.18. The lowest BCUT2D eigenvalue weighted by atomic mass is 10.0. The van der Waals surface area contributed by atoms with E-state index in [-0.39, 0.29) is 0 Å². The summed E-state index contributed by atoms with van der Waals surface area (Å²) in [5.74, 6) is 1.26. The van der Waals surface area contributed by atoms with Gasteiger partial charge in [0.25, 0.3) is 0 Å². The third-order valence-electron chi connectivity index (χ3n) is 3.22. The van der Waals surface area contributed by atoms with E-state index in [1.807, 2.05) is 6.07 Å². The van der Waals surface area contributed by atoms with E-state index in [1.54, 1.807) is 6.20 Å². The molecule has 2 N–H and O–H groups in total. The molecule has 18 heavy (non-hydrogen) atoms. The molecule has 2 aromatic heterocycles. The molecule has 0 aliphatic carbocycles. The Morgan fingerprint density at radius 1 is 1.28 bits per heavy atom. The molecule has 0 fully saturated rings. The fourth-order valence-electron chi connectivity index (χ4n) is 2.23. The number of hydrogen-bond donors (Lipinski definition) is 2. The van der Waals surface area contributed by atoms with Gasteiger partial charge in [-0.25, -0.2) is 9.97 Å². The highest BCUT2D eigenvalue weighted by Crippen LogP contribution is 2.25. The Morgan fingerprint density at radius 2 is 2.17 bits per heavy atom. The summed E-state index contributed by atoms with van der Waals surface area (Å²) in [6.45, 7) is 6.07. The average molecular weight is 243 g/mol. The van der Waals surface area contributed by atoms with Crippen molar-refractivity contribution >= 4 is 0 Å². The first-order valence-electron chi connectivity index (χ1n) is 6.36. The van der Waals surface area contributed by atoms with Crippen molar-refractivity contribution in [3.63, 3.8) is 0 Å². The van der Waals surface area contributed by atoms with Crippen LogP contribution in [-0.4, -0.2) is 26.7 Å². The van der Waals surface area contributed by atoms with E-state index in [2.05, 4.69) is 29.4 Å². The van der Waals surface area contributed by atoms with Gasteiger partial charge < -0.3 is 5.32 Å². The Morgan fingerprint density at radius 3 is 2.89 bits per heavy atom. The minimum atomic E-state index is 0.340. The highest BCUT2D eigenvalue weighted by molar-refractivity contribution is 5.60. The maximum Gasteiger partial charge on any atom is 0.131 e. The van der Waals surface area contributed by atoms with Gasteiger partial charge in [0.2, 0.25) is 0 Å². The lowest BCUT2D eigenvalue weighted by molar-refractivity contribution is 0.615. The molecule has 94 valence electrons. The van der Waals surface area contributed by atoms with Gasteiger partial charge in [0.05, 0.1) is 17.1 Å². The Labute approximate surface area is 106 Å². The smallest absolute Gasteiger partial charge is 0.131 e. The van der Waals surface area contributed by atoms with E-state index < -0.39 is 0 Å². The van der Waals surface area contributed by atoms with Gasteiger partial charge >= 0.3 is 0 Å². The van der Waals surface area contributed by atoms with Crippen molar-refractivity contribution in [2.75, 3.05) is 6.54 Å². The largest absolute Gasteiger partial charge is 0.312 e. The standard InChI is InChI=1S/C13H17N5/c1-8(2)13-16-10-3-5-14-7-9(10)12(17-13)11-4-6-15-18-11/h4,6,8,14H,3,5,7H2,1-2H3,(H,15,18). The molecule has 0 saturated heterocycles. The van der Waals surface area contributed by atoms with Gasteiger partial charge in [0, 0.05) is 37.2 Å². The zero-order valence-electron chi connectivity index (χ0n) is 10.7. The first-order valence-corrected chi connectivity index (χ1v) is 6.36. The second-order valence-corrected chi connectivity index (χ2v) is 4.91. The molecule has 0 saturated carbocycles. The van der Waals surface area contributed by atoms with Crippen LogP contribution in [0.3, 0.4) is 0 Å². The van der Waals surface area contributed by atoms with Crippen molar-refractivity contribution in [1.29, 1.82) is 0 Å². The molecule has 0 atom stereocenters. The molecule has 0 unspecified atom stereocenters. The number of fused-ring (bicyclic) bond motifs is 1. The van der Waals surface area contributed by atoms with Crippen molar-refractivity contribution in [2.45, 2.75) is 32.7 Å². The molecule has 1 aliphatic rings. The number of nitrogens with one attached hydrogen (secondary N) is 2. The van der Waals surface area contributed by atoms with Crippen LogP contribution in [0.5, 0.6) is 0 Å². The minimum absolute atomic E-state index is 0.340. The summed E-state index contributed by atoms with van der Waals surface area (Å²) in [6, 6.07) is 1.96. The SMILES string of the molecule is CC(C)c1nc2c(c(-c3ccn[nH]3)n1)CNCC2. The van der Waals surface area contributed by atoms with Gasteiger partial charge in [0.15, 0.2) is 0 Å². The molecule has 3 heterocycles. The van der Waals surface area contributed by atoms with Gasteiger partial charge in [-0.2, -0.15) is 5.10 Å². The predicted molar refractivity (Wildman–Crippen MR) is 69.1 cm³/mol. The quantitative estimate of drug-likeness (QED) is 0.841. The average Bonchev–Trinajstić information content (AvgIpc) is 2.91. The summed E-state index contributed by atoms with van der Waals surface area (Å²) < 4.78 is 0. The lowest BCUT2D eigenvalue weighted by Gasteiger charge is -2.20. The number of aromatic amines is 1. The van der Waals surface area contributed by atoms with Crippen LogP contribution in [0, 0.1) is 0 Å². The first-order chi connectivity index (χ1) is 8.75. The van der Waals surface area contributed by atoms with E-state index >= 15 is 0 Å². The van der Waals surface area contributed by atoms with Crippen LogP contribution >= 0.6 is 0 Å². The highest BCUT2D eigenvalue weighted by Gasteiger charge is 2.20. The third-order valence-corrected chi connectivity index (χ3v) is 3.22. The van der Waals surface area contributed by atoms with Crippen molar-refractivity contribution < 1.29 is 0 Å². The summed E-state index contributed by atoms with van der Waals surface area (Å²) >= 11 is 0. The van der Waals surface area contributed by atoms with Crippen molar-refractivity contribution in [1.82, 2.24) is 25.5 Å². The Kier molecular flexibility index (Phi) is 2.83. The van der Waals surface area contributed by atoms with Gasteiger partial charge in [-0.05, 0) is 6.07 Å². The monoisotopic (exact) mass is 243 g/mol. The van der Waals surface area contributed by atoms with Crippen LogP contribution in [0.4, 0.5) is 0 Å². The number of hydrogen-bond acceptors (Lipinski definition) is 4. The topological polar surface area (TPSA) is 66.5 Å². The molecule has 0 spiro atoms. The second-order valence-electron chi connectivity index (χ2n) is 4.91. The summed E-state index contributed by atoms with van der Waals surface area (Å²) in [4.78, 5) is 9.40. The van der Waals surface area contributed by atoms with Crippen molar-refractivity contribution in [3.05, 3.63) is 29.3 Å².